The normalized spacial score (nSPS) is 18.8. The zero-order valence-electron chi connectivity index (χ0n) is 11.0. The number of nitrogens with one attached hydrogen (secondary N) is 1. The minimum atomic E-state index is -2.67. The molecule has 2 rings (SSSR count). The average Bonchev–Trinajstić information content (AvgIpc) is 3.00. The van der Waals surface area contributed by atoms with Crippen molar-refractivity contribution in [3.63, 3.8) is 0 Å². The average molecular weight is 352 g/mol. The summed E-state index contributed by atoms with van der Waals surface area (Å²) in [5.41, 5.74) is 0.169. The summed E-state index contributed by atoms with van der Waals surface area (Å²) in [5.74, 6) is -0.264. The second-order valence-corrected chi connectivity index (χ2v) is 5.48. The maximum absolute atomic E-state index is 12.7. The van der Waals surface area contributed by atoms with Gasteiger partial charge in [0, 0.05) is 13.2 Å². The first-order valence-corrected chi connectivity index (χ1v) is 7.17. The van der Waals surface area contributed by atoms with Gasteiger partial charge in [-0.1, -0.05) is 0 Å². The fourth-order valence-electron chi connectivity index (χ4n) is 2.07. The van der Waals surface area contributed by atoms with Crippen LogP contribution in [-0.4, -0.2) is 34.9 Å². The monoisotopic (exact) mass is 351 g/mol. The Labute approximate surface area is 123 Å². The van der Waals surface area contributed by atoms with Crippen LogP contribution in [0.3, 0.4) is 0 Å². The SMILES string of the molecule is Cc1c(Br)c(C(F)F)nn1CC(=O)NCC1CCCO1. The number of hydrogen-bond acceptors (Lipinski definition) is 3. The van der Waals surface area contributed by atoms with E-state index < -0.39 is 6.43 Å². The zero-order chi connectivity index (χ0) is 14.7. The first-order chi connectivity index (χ1) is 9.49. The quantitative estimate of drug-likeness (QED) is 0.884. The number of rotatable bonds is 5. The predicted molar refractivity (Wildman–Crippen MR) is 71.6 cm³/mol. The highest BCUT2D eigenvalue weighted by atomic mass is 79.9. The van der Waals surface area contributed by atoms with Gasteiger partial charge in [-0.3, -0.25) is 9.48 Å². The summed E-state index contributed by atoms with van der Waals surface area (Å²) in [6, 6.07) is 0. The van der Waals surface area contributed by atoms with E-state index in [0.717, 1.165) is 19.4 Å². The minimum absolute atomic E-state index is 0.0565. The van der Waals surface area contributed by atoms with E-state index in [9.17, 15) is 13.6 Å². The molecule has 0 spiro atoms. The van der Waals surface area contributed by atoms with E-state index in [1.54, 1.807) is 6.92 Å². The van der Waals surface area contributed by atoms with E-state index in [2.05, 4.69) is 26.3 Å². The van der Waals surface area contributed by atoms with Gasteiger partial charge < -0.3 is 10.1 Å². The van der Waals surface area contributed by atoms with Crippen molar-refractivity contribution in [2.24, 2.45) is 0 Å². The van der Waals surface area contributed by atoms with Crippen molar-refractivity contribution in [1.29, 1.82) is 0 Å². The van der Waals surface area contributed by atoms with E-state index in [-0.39, 0.29) is 28.7 Å². The first-order valence-electron chi connectivity index (χ1n) is 6.38. The molecule has 112 valence electrons. The molecule has 1 aromatic heterocycles. The summed E-state index contributed by atoms with van der Waals surface area (Å²) >= 11 is 3.07. The number of carbonyl (C=O) groups excluding carboxylic acids is 1. The highest BCUT2D eigenvalue weighted by Gasteiger charge is 2.21. The topological polar surface area (TPSA) is 56.2 Å². The molecule has 1 unspecified atom stereocenters. The van der Waals surface area contributed by atoms with Gasteiger partial charge in [0.1, 0.15) is 12.2 Å². The van der Waals surface area contributed by atoms with Crippen LogP contribution >= 0.6 is 15.9 Å². The van der Waals surface area contributed by atoms with Crippen molar-refractivity contribution in [3.8, 4) is 0 Å². The predicted octanol–water partition coefficient (Wildman–Crippen LogP) is 2.19. The third-order valence-electron chi connectivity index (χ3n) is 3.21. The molecule has 5 nitrogen and oxygen atoms in total. The Hall–Kier alpha value is -1.02. The van der Waals surface area contributed by atoms with E-state index in [1.165, 1.54) is 4.68 Å². The molecule has 0 radical (unpaired) electrons. The van der Waals surface area contributed by atoms with E-state index in [0.29, 0.717) is 12.2 Å². The van der Waals surface area contributed by atoms with Crippen LogP contribution < -0.4 is 5.32 Å². The number of carbonyl (C=O) groups is 1. The van der Waals surface area contributed by atoms with Gasteiger partial charge in [0.05, 0.1) is 16.3 Å². The molecule has 8 heteroatoms. The second kappa shape index (κ2) is 6.62. The standard InChI is InChI=1S/C12H16BrF2N3O2/c1-7-10(13)11(12(14)15)17-18(7)6-9(19)16-5-8-3-2-4-20-8/h8,12H,2-6H2,1H3,(H,16,19). The molecule has 20 heavy (non-hydrogen) atoms. The van der Waals surface area contributed by atoms with Crippen molar-refractivity contribution in [2.75, 3.05) is 13.2 Å². The van der Waals surface area contributed by atoms with Gasteiger partial charge in [-0.15, -0.1) is 0 Å². The van der Waals surface area contributed by atoms with E-state index in [4.69, 9.17) is 4.74 Å². The van der Waals surface area contributed by atoms with Crippen LogP contribution in [0.4, 0.5) is 8.78 Å². The summed E-state index contributed by atoms with van der Waals surface area (Å²) < 4.78 is 32.3. The molecular formula is C12H16BrF2N3O2. The molecule has 1 aliphatic rings. The molecule has 2 heterocycles. The zero-order valence-corrected chi connectivity index (χ0v) is 12.6. The minimum Gasteiger partial charge on any atom is -0.376 e. The molecule has 0 aromatic carbocycles. The lowest BCUT2D eigenvalue weighted by Gasteiger charge is -2.11. The van der Waals surface area contributed by atoms with Crippen molar-refractivity contribution in [3.05, 3.63) is 15.9 Å². The van der Waals surface area contributed by atoms with Crippen LogP contribution in [0.1, 0.15) is 30.7 Å². The van der Waals surface area contributed by atoms with E-state index in [1.807, 2.05) is 0 Å². The van der Waals surface area contributed by atoms with Crippen LogP contribution in [0, 0.1) is 6.92 Å². The number of aromatic nitrogens is 2. The number of nitrogens with zero attached hydrogens (tertiary/aromatic N) is 2. The molecule has 1 saturated heterocycles. The number of amides is 1. The van der Waals surface area contributed by atoms with Crippen LogP contribution in [0.25, 0.3) is 0 Å². The summed E-state index contributed by atoms with van der Waals surface area (Å²) in [5, 5.41) is 6.49. The van der Waals surface area contributed by atoms with E-state index >= 15 is 0 Å². The van der Waals surface area contributed by atoms with Gasteiger partial charge in [-0.25, -0.2) is 8.78 Å². The summed E-state index contributed by atoms with van der Waals surface area (Å²) in [6.07, 6.45) is -0.675. The van der Waals surface area contributed by atoms with Crippen molar-refractivity contribution in [1.82, 2.24) is 15.1 Å². The molecule has 1 amide bonds. The maximum atomic E-state index is 12.7. The Morgan fingerprint density at radius 1 is 1.65 bits per heavy atom. The molecule has 0 saturated carbocycles. The lowest BCUT2D eigenvalue weighted by molar-refractivity contribution is -0.122. The lowest BCUT2D eigenvalue weighted by Crippen LogP contribution is -2.34. The van der Waals surface area contributed by atoms with Gasteiger partial charge in [-0.05, 0) is 35.7 Å². The molecule has 1 N–H and O–H groups in total. The van der Waals surface area contributed by atoms with Crippen LogP contribution in [0.5, 0.6) is 0 Å². The fourth-order valence-corrected chi connectivity index (χ4v) is 2.52. The Balaban J connectivity index is 1.92. The Kier molecular flexibility index (Phi) is 5.09. The van der Waals surface area contributed by atoms with Crippen molar-refractivity contribution >= 4 is 21.8 Å². The molecule has 1 aliphatic heterocycles. The molecular weight excluding hydrogens is 336 g/mol. The summed E-state index contributed by atoms with van der Waals surface area (Å²) in [4.78, 5) is 11.8. The largest absolute Gasteiger partial charge is 0.376 e. The van der Waals surface area contributed by atoms with Crippen LogP contribution in [0.2, 0.25) is 0 Å². The smallest absolute Gasteiger partial charge is 0.283 e. The first kappa shape index (κ1) is 15.4. The van der Waals surface area contributed by atoms with Crippen LogP contribution in [0.15, 0.2) is 4.47 Å². The van der Waals surface area contributed by atoms with Gasteiger partial charge in [0.2, 0.25) is 5.91 Å². The molecule has 0 aliphatic carbocycles. The van der Waals surface area contributed by atoms with Crippen molar-refractivity contribution in [2.45, 2.75) is 38.8 Å². The Morgan fingerprint density at radius 3 is 2.95 bits per heavy atom. The third-order valence-corrected chi connectivity index (χ3v) is 4.19. The number of hydrogen-bond donors (Lipinski definition) is 1. The van der Waals surface area contributed by atoms with Gasteiger partial charge in [0.15, 0.2) is 0 Å². The van der Waals surface area contributed by atoms with Gasteiger partial charge in [0.25, 0.3) is 6.43 Å². The van der Waals surface area contributed by atoms with Crippen molar-refractivity contribution < 1.29 is 18.3 Å². The summed E-state index contributed by atoms with van der Waals surface area (Å²) in [7, 11) is 0. The Bertz CT molecular complexity index is 487. The van der Waals surface area contributed by atoms with Gasteiger partial charge >= 0.3 is 0 Å². The molecule has 1 aromatic rings. The highest BCUT2D eigenvalue weighted by Crippen LogP contribution is 2.28. The lowest BCUT2D eigenvalue weighted by atomic mass is 10.2. The third kappa shape index (κ3) is 3.54. The fraction of sp³-hybridized carbons (Fsp3) is 0.667. The summed E-state index contributed by atoms with van der Waals surface area (Å²) in [6.45, 7) is 2.73. The Morgan fingerprint density at radius 2 is 2.40 bits per heavy atom. The molecule has 1 fully saturated rings. The number of alkyl halides is 2. The molecule has 0 bridgehead atoms. The molecule has 1 atom stereocenters. The van der Waals surface area contributed by atoms with Gasteiger partial charge in [-0.2, -0.15) is 5.10 Å². The number of halogens is 3. The van der Waals surface area contributed by atoms with Crippen LogP contribution in [-0.2, 0) is 16.1 Å². The maximum Gasteiger partial charge on any atom is 0.283 e. The number of ether oxygens (including phenoxy) is 1. The highest BCUT2D eigenvalue weighted by molar-refractivity contribution is 9.10. The second-order valence-electron chi connectivity index (χ2n) is 4.68.